The van der Waals surface area contributed by atoms with E-state index in [0.29, 0.717) is 13.1 Å². The van der Waals surface area contributed by atoms with Gasteiger partial charge in [-0.3, -0.25) is 9.64 Å². The van der Waals surface area contributed by atoms with E-state index < -0.39 is 6.36 Å². The van der Waals surface area contributed by atoms with Crippen molar-refractivity contribution in [3.63, 3.8) is 0 Å². The van der Waals surface area contributed by atoms with Crippen LogP contribution in [0.15, 0.2) is 0 Å². The van der Waals surface area contributed by atoms with Gasteiger partial charge in [0.1, 0.15) is 0 Å². The Balaban J connectivity index is 2.32. The van der Waals surface area contributed by atoms with E-state index in [-0.39, 0.29) is 25.3 Å². The number of alkyl halides is 3. The maximum Gasteiger partial charge on any atom is 0.522 e. The van der Waals surface area contributed by atoms with Gasteiger partial charge >= 0.3 is 6.36 Å². The van der Waals surface area contributed by atoms with Crippen molar-refractivity contribution < 1.29 is 22.6 Å². The summed E-state index contributed by atoms with van der Waals surface area (Å²) in [4.78, 5) is 1.93. The van der Waals surface area contributed by atoms with Crippen LogP contribution in [0, 0.1) is 0 Å². The fourth-order valence-electron chi connectivity index (χ4n) is 2.10. The van der Waals surface area contributed by atoms with Gasteiger partial charge in [-0.1, -0.05) is 0 Å². The quantitative estimate of drug-likeness (QED) is 0.796. The molecule has 102 valence electrons. The SMILES string of the molecule is COC1CCN(CCOC(F)(F)F)C(CN)C1. The maximum atomic E-state index is 11.8. The minimum Gasteiger partial charge on any atom is -0.381 e. The van der Waals surface area contributed by atoms with Gasteiger partial charge in [0.2, 0.25) is 0 Å². The number of methoxy groups -OCH3 is 1. The molecule has 0 aromatic heterocycles. The summed E-state index contributed by atoms with van der Waals surface area (Å²) in [5.74, 6) is 0. The van der Waals surface area contributed by atoms with Crippen molar-refractivity contribution in [2.45, 2.75) is 31.3 Å². The molecule has 0 aromatic carbocycles. The van der Waals surface area contributed by atoms with Gasteiger partial charge in [0, 0.05) is 32.8 Å². The molecule has 0 radical (unpaired) electrons. The molecule has 4 nitrogen and oxygen atoms in total. The molecular weight excluding hydrogens is 237 g/mol. The smallest absolute Gasteiger partial charge is 0.381 e. The third kappa shape index (κ3) is 5.20. The zero-order valence-electron chi connectivity index (χ0n) is 9.87. The molecule has 1 aliphatic rings. The first-order valence-electron chi connectivity index (χ1n) is 5.64. The van der Waals surface area contributed by atoms with Gasteiger partial charge < -0.3 is 10.5 Å². The number of rotatable bonds is 5. The zero-order chi connectivity index (χ0) is 12.9. The summed E-state index contributed by atoms with van der Waals surface area (Å²) >= 11 is 0. The van der Waals surface area contributed by atoms with Crippen molar-refractivity contribution >= 4 is 0 Å². The lowest BCUT2D eigenvalue weighted by atomic mass is 9.99. The number of hydrogen-bond acceptors (Lipinski definition) is 4. The number of hydrogen-bond donors (Lipinski definition) is 1. The molecule has 0 spiro atoms. The number of nitrogens with two attached hydrogens (primary N) is 1. The van der Waals surface area contributed by atoms with Crippen molar-refractivity contribution in [2.75, 3.05) is 33.4 Å². The average Bonchev–Trinajstić information content (AvgIpc) is 2.27. The molecular formula is C10H19F3N2O2. The minimum absolute atomic E-state index is 0.0746. The Morgan fingerprint density at radius 2 is 2.12 bits per heavy atom. The second kappa shape index (κ2) is 6.53. The maximum absolute atomic E-state index is 11.8. The van der Waals surface area contributed by atoms with Gasteiger partial charge in [-0.15, -0.1) is 13.2 Å². The fraction of sp³-hybridized carbons (Fsp3) is 1.00. The first-order chi connectivity index (χ1) is 7.96. The van der Waals surface area contributed by atoms with E-state index in [2.05, 4.69) is 4.74 Å². The summed E-state index contributed by atoms with van der Waals surface area (Å²) in [6, 6.07) is 0.0746. The molecule has 1 aliphatic heterocycles. The lowest BCUT2D eigenvalue weighted by molar-refractivity contribution is -0.325. The highest BCUT2D eigenvalue weighted by Crippen LogP contribution is 2.20. The van der Waals surface area contributed by atoms with Crippen LogP contribution in [0.5, 0.6) is 0 Å². The van der Waals surface area contributed by atoms with E-state index in [0.717, 1.165) is 12.8 Å². The highest BCUT2D eigenvalue weighted by Gasteiger charge is 2.31. The average molecular weight is 256 g/mol. The second-order valence-electron chi connectivity index (χ2n) is 4.10. The Labute approximate surface area is 98.8 Å². The van der Waals surface area contributed by atoms with E-state index in [1.807, 2.05) is 4.90 Å². The molecule has 1 rings (SSSR count). The van der Waals surface area contributed by atoms with Crippen molar-refractivity contribution in [1.82, 2.24) is 4.90 Å². The van der Waals surface area contributed by atoms with Crippen LogP contribution in [0.4, 0.5) is 13.2 Å². The van der Waals surface area contributed by atoms with Crippen LogP contribution in [0.25, 0.3) is 0 Å². The van der Waals surface area contributed by atoms with E-state index >= 15 is 0 Å². The molecule has 2 N–H and O–H groups in total. The lowest BCUT2D eigenvalue weighted by Crippen LogP contribution is -2.49. The number of piperidine rings is 1. The molecule has 1 fully saturated rings. The van der Waals surface area contributed by atoms with E-state index in [1.165, 1.54) is 0 Å². The number of halogens is 3. The summed E-state index contributed by atoms with van der Waals surface area (Å²) in [5, 5.41) is 0. The standard InChI is InChI=1S/C10H19F3N2O2/c1-16-9-2-3-15(8(6-9)7-14)4-5-17-10(11,12)13/h8-9H,2-7,14H2,1H3. The van der Waals surface area contributed by atoms with E-state index in [9.17, 15) is 13.2 Å². The monoisotopic (exact) mass is 256 g/mol. The molecule has 2 unspecified atom stereocenters. The van der Waals surface area contributed by atoms with Crippen LogP contribution < -0.4 is 5.73 Å². The van der Waals surface area contributed by atoms with Gasteiger partial charge in [0.15, 0.2) is 0 Å². The van der Waals surface area contributed by atoms with Crippen LogP contribution in [-0.4, -0.2) is 56.8 Å². The van der Waals surface area contributed by atoms with Crippen LogP contribution in [0.3, 0.4) is 0 Å². The number of ether oxygens (including phenoxy) is 2. The normalized spacial score (nSPS) is 27.4. The van der Waals surface area contributed by atoms with E-state index in [4.69, 9.17) is 10.5 Å². The number of nitrogens with zero attached hydrogens (tertiary/aromatic N) is 1. The number of likely N-dealkylation sites (tertiary alicyclic amines) is 1. The molecule has 17 heavy (non-hydrogen) atoms. The molecule has 1 heterocycles. The first kappa shape index (κ1) is 14.7. The van der Waals surface area contributed by atoms with Crippen LogP contribution >= 0.6 is 0 Å². The highest BCUT2D eigenvalue weighted by molar-refractivity contribution is 4.82. The minimum atomic E-state index is -4.55. The van der Waals surface area contributed by atoms with Gasteiger partial charge in [0.25, 0.3) is 0 Å². The Hall–Kier alpha value is -0.370. The third-order valence-electron chi connectivity index (χ3n) is 3.04. The molecule has 0 bridgehead atoms. The van der Waals surface area contributed by atoms with Gasteiger partial charge in [-0.05, 0) is 12.8 Å². The van der Waals surface area contributed by atoms with Gasteiger partial charge in [-0.25, -0.2) is 0 Å². The zero-order valence-corrected chi connectivity index (χ0v) is 9.87. The Morgan fingerprint density at radius 1 is 1.41 bits per heavy atom. The largest absolute Gasteiger partial charge is 0.522 e. The second-order valence-corrected chi connectivity index (χ2v) is 4.10. The Morgan fingerprint density at radius 3 is 2.65 bits per heavy atom. The molecule has 0 amide bonds. The molecule has 0 saturated carbocycles. The molecule has 2 atom stereocenters. The third-order valence-corrected chi connectivity index (χ3v) is 3.04. The van der Waals surface area contributed by atoms with Gasteiger partial charge in [0.05, 0.1) is 12.7 Å². The summed E-state index contributed by atoms with van der Waals surface area (Å²) in [6.45, 7) is 1.02. The van der Waals surface area contributed by atoms with Crippen molar-refractivity contribution in [3.8, 4) is 0 Å². The Bertz CT molecular complexity index is 226. The summed E-state index contributed by atoms with van der Waals surface area (Å²) in [7, 11) is 1.64. The van der Waals surface area contributed by atoms with Gasteiger partial charge in [-0.2, -0.15) is 0 Å². The molecule has 7 heteroatoms. The lowest BCUT2D eigenvalue weighted by Gasteiger charge is -2.38. The van der Waals surface area contributed by atoms with Crippen molar-refractivity contribution in [1.29, 1.82) is 0 Å². The molecule has 0 aromatic rings. The molecule has 0 aliphatic carbocycles. The van der Waals surface area contributed by atoms with Crippen molar-refractivity contribution in [3.05, 3.63) is 0 Å². The predicted molar refractivity (Wildman–Crippen MR) is 56.5 cm³/mol. The van der Waals surface area contributed by atoms with Crippen molar-refractivity contribution in [2.24, 2.45) is 5.73 Å². The summed E-state index contributed by atoms with van der Waals surface area (Å²) in [5.41, 5.74) is 5.61. The summed E-state index contributed by atoms with van der Waals surface area (Å²) in [6.07, 6.45) is -2.82. The topological polar surface area (TPSA) is 47.7 Å². The highest BCUT2D eigenvalue weighted by atomic mass is 19.4. The van der Waals surface area contributed by atoms with E-state index in [1.54, 1.807) is 7.11 Å². The first-order valence-corrected chi connectivity index (χ1v) is 5.64. The fourth-order valence-corrected chi connectivity index (χ4v) is 2.10. The van der Waals surface area contributed by atoms with Crippen LogP contribution in [0.1, 0.15) is 12.8 Å². The van der Waals surface area contributed by atoms with Crippen LogP contribution in [-0.2, 0) is 9.47 Å². The van der Waals surface area contributed by atoms with Crippen LogP contribution in [0.2, 0.25) is 0 Å². The Kier molecular flexibility index (Phi) is 5.64. The molecule has 1 saturated heterocycles. The predicted octanol–water partition coefficient (Wildman–Crippen LogP) is 0.961. The summed E-state index contributed by atoms with van der Waals surface area (Å²) < 4.78 is 44.5.